The zero-order chi connectivity index (χ0) is 56.7. The number of benzene rings is 1. The summed E-state index contributed by atoms with van der Waals surface area (Å²) in [6, 6.07) is -3.10. The monoisotopic (exact) mass is 1070 g/mol. The van der Waals surface area contributed by atoms with Crippen LogP contribution in [0.5, 0.6) is 11.6 Å². The second-order valence-corrected chi connectivity index (χ2v) is 29.0. The van der Waals surface area contributed by atoms with Gasteiger partial charge in [-0.05, 0) is 124 Å². The summed E-state index contributed by atoms with van der Waals surface area (Å²) in [6.07, 6.45) is -2.79. The van der Waals surface area contributed by atoms with Crippen LogP contribution in [0.25, 0.3) is 5.76 Å². The first-order chi connectivity index (χ1) is 34.5. The first kappa shape index (κ1) is 60.3. The second kappa shape index (κ2) is 22.2. The van der Waals surface area contributed by atoms with Crippen LogP contribution in [0.2, 0.25) is 18.1 Å². The lowest BCUT2D eigenvalue weighted by Crippen LogP contribution is -2.68. The molecular formula is C54H81FN4O15Si. The van der Waals surface area contributed by atoms with E-state index < -0.39 is 136 Å². The number of aliphatic hydroxyl groups is 1. The number of ketones is 2. The Morgan fingerprint density at radius 2 is 1.36 bits per heavy atom. The fourth-order valence-corrected chi connectivity index (χ4v) is 10.8. The molecule has 1 saturated carbocycles. The molecular weight excluding hydrogens is 992 g/mol. The fraction of sp³-hybridized carbons (Fsp3) is 0.685. The van der Waals surface area contributed by atoms with Crippen molar-refractivity contribution in [3.63, 3.8) is 0 Å². The molecule has 5 rings (SSSR count). The Labute approximate surface area is 441 Å². The van der Waals surface area contributed by atoms with Gasteiger partial charge in [-0.3, -0.25) is 14.5 Å². The van der Waals surface area contributed by atoms with Gasteiger partial charge in [0.1, 0.15) is 45.7 Å². The molecule has 5 atom stereocenters. The molecule has 0 aliphatic heterocycles. The van der Waals surface area contributed by atoms with Gasteiger partial charge in [0, 0.05) is 35.6 Å². The smallest absolute Gasteiger partial charge is 0.424 e. The van der Waals surface area contributed by atoms with E-state index in [1.165, 1.54) is 41.5 Å². The summed E-state index contributed by atoms with van der Waals surface area (Å²) in [4.78, 5) is 90.0. The lowest BCUT2D eigenvalue weighted by molar-refractivity contribution is -0.143. The van der Waals surface area contributed by atoms with Gasteiger partial charge >= 0.3 is 24.2 Å². The van der Waals surface area contributed by atoms with Gasteiger partial charge in [0.15, 0.2) is 25.4 Å². The summed E-state index contributed by atoms with van der Waals surface area (Å²) >= 11 is 0. The van der Waals surface area contributed by atoms with Crippen molar-refractivity contribution in [1.29, 1.82) is 0 Å². The molecule has 0 bridgehead atoms. The summed E-state index contributed by atoms with van der Waals surface area (Å²) in [5.41, 5.74) is -1.55. The molecule has 3 aliphatic carbocycles. The van der Waals surface area contributed by atoms with Crippen LogP contribution < -0.4 is 20.1 Å². The molecule has 19 nitrogen and oxygen atoms in total. The summed E-state index contributed by atoms with van der Waals surface area (Å²) in [5.74, 6) is -8.36. The number of unbranched alkanes of at least 4 members (excludes halogenated alkanes) is 2. The highest BCUT2D eigenvalue weighted by molar-refractivity contribution is 6.74. The van der Waals surface area contributed by atoms with E-state index in [0.29, 0.717) is 24.2 Å². The maximum absolute atomic E-state index is 18.7. The van der Waals surface area contributed by atoms with Gasteiger partial charge in [0.25, 0.3) is 5.88 Å². The Balaban J connectivity index is 1.97. The SMILES string of the molecule is CCCCOc1noc2c1C(=O)[C@@]1(O[Si](C)(C)C(C)(C)C)C(=O)C3=C(O)c4c(c(F)c(CC(C(=O)O)N(CCC)C(=O)OC(C)(C)C)c(N(C(=O)OC(C)(C)C)C(=O)OC(C)(C)C)c4OCCCC)C[C@H]3C[C@H]1[C@@H]2N. The van der Waals surface area contributed by atoms with E-state index in [-0.39, 0.29) is 67.4 Å². The lowest BCUT2D eigenvalue weighted by atomic mass is 9.57. The predicted molar refractivity (Wildman–Crippen MR) is 279 cm³/mol. The van der Waals surface area contributed by atoms with Crippen molar-refractivity contribution in [2.24, 2.45) is 17.6 Å². The summed E-state index contributed by atoms with van der Waals surface area (Å²) < 4.78 is 61.2. The van der Waals surface area contributed by atoms with Crippen LogP contribution in [0.3, 0.4) is 0 Å². The normalized spacial score (nSPS) is 20.3. The molecule has 1 fully saturated rings. The van der Waals surface area contributed by atoms with Gasteiger partial charge in [-0.1, -0.05) is 54.4 Å². The van der Waals surface area contributed by atoms with E-state index in [0.717, 1.165) is 11.3 Å². The Bertz CT molecular complexity index is 2540. The molecule has 1 aromatic heterocycles. The number of anilines is 1. The molecule has 21 heteroatoms. The maximum atomic E-state index is 18.7. The number of halogens is 1. The van der Waals surface area contributed by atoms with Crippen LogP contribution in [0.4, 0.5) is 24.5 Å². The van der Waals surface area contributed by atoms with E-state index in [1.807, 2.05) is 47.7 Å². The average molecular weight is 1070 g/mol. The summed E-state index contributed by atoms with van der Waals surface area (Å²) in [6.45, 7) is 28.8. The van der Waals surface area contributed by atoms with Crippen LogP contribution in [0.15, 0.2) is 10.1 Å². The number of hydrogen-bond acceptors (Lipinski definition) is 16. The zero-order valence-electron chi connectivity index (χ0n) is 47.1. The summed E-state index contributed by atoms with van der Waals surface area (Å²) in [5, 5.41) is 27.6. The quantitative estimate of drug-likeness (QED) is 0.0576. The number of aliphatic carboxylic acids is 1. The number of imide groups is 1. The van der Waals surface area contributed by atoms with E-state index in [1.54, 1.807) is 27.7 Å². The lowest BCUT2D eigenvalue weighted by Gasteiger charge is -2.53. The Morgan fingerprint density at radius 3 is 1.85 bits per heavy atom. The minimum Gasteiger partial charge on any atom is -0.507 e. The van der Waals surface area contributed by atoms with E-state index in [4.69, 9.17) is 38.4 Å². The first-order valence-electron chi connectivity index (χ1n) is 26.1. The predicted octanol–water partition coefficient (Wildman–Crippen LogP) is 11.2. The topological polar surface area (TPSA) is 257 Å². The van der Waals surface area contributed by atoms with E-state index in [9.17, 15) is 29.4 Å². The van der Waals surface area contributed by atoms with Gasteiger partial charge in [-0.25, -0.2) is 23.6 Å². The Morgan fingerprint density at radius 1 is 0.827 bits per heavy atom. The molecule has 75 heavy (non-hydrogen) atoms. The third-order valence-electron chi connectivity index (χ3n) is 13.8. The first-order valence-corrected chi connectivity index (χ1v) is 29.0. The van der Waals surface area contributed by atoms with Crippen molar-refractivity contribution in [2.45, 2.75) is 208 Å². The number of carbonyl (C=O) groups excluding carboxylic acids is 5. The van der Waals surface area contributed by atoms with Crippen molar-refractivity contribution in [2.75, 3.05) is 24.7 Å². The number of carboxylic acid groups (broad SMARTS) is 1. The van der Waals surface area contributed by atoms with Gasteiger partial charge in [0.05, 0.1) is 24.8 Å². The van der Waals surface area contributed by atoms with Crippen molar-refractivity contribution >= 4 is 55.6 Å². The average Bonchev–Trinajstić information content (AvgIpc) is 3.68. The molecule has 4 N–H and O–H groups in total. The number of hydrogen-bond donors (Lipinski definition) is 3. The van der Waals surface area contributed by atoms with Gasteiger partial charge in [-0.15, -0.1) is 0 Å². The molecule has 1 unspecified atom stereocenters. The number of carbonyl (C=O) groups is 6. The molecule has 3 amide bonds. The van der Waals surface area contributed by atoms with Crippen molar-refractivity contribution in [3.05, 3.63) is 39.4 Å². The molecule has 3 aliphatic rings. The Kier molecular flexibility index (Phi) is 17.9. The van der Waals surface area contributed by atoms with Crippen LogP contribution in [-0.4, -0.2) is 113 Å². The number of rotatable bonds is 17. The van der Waals surface area contributed by atoms with Crippen LogP contribution in [-0.2, 0) is 41.1 Å². The maximum Gasteiger partial charge on any atom is 0.424 e. The molecule has 0 saturated heterocycles. The third-order valence-corrected chi connectivity index (χ3v) is 18.2. The minimum atomic E-state index is -3.19. The van der Waals surface area contributed by atoms with Crippen molar-refractivity contribution in [3.8, 4) is 11.6 Å². The number of aliphatic hydroxyl groups excluding tert-OH is 1. The zero-order valence-corrected chi connectivity index (χ0v) is 48.1. The highest BCUT2D eigenvalue weighted by Gasteiger charge is 2.68. The summed E-state index contributed by atoms with van der Waals surface area (Å²) in [7, 11) is -3.19. The molecule has 418 valence electrons. The van der Waals surface area contributed by atoms with Crippen LogP contribution in [0.1, 0.15) is 181 Å². The number of nitrogens with zero attached hydrogens (tertiary/aromatic N) is 3. The number of ether oxygens (including phenoxy) is 5. The number of Topliss-reactive ketones (excluding diaryl/α,β-unsaturated/α-hetero) is 2. The van der Waals surface area contributed by atoms with Crippen LogP contribution in [0, 0.1) is 17.7 Å². The van der Waals surface area contributed by atoms with Crippen molar-refractivity contribution < 1.29 is 76.0 Å². The Hall–Kier alpha value is -5.54. The van der Waals surface area contributed by atoms with E-state index in [2.05, 4.69) is 5.16 Å². The molecule has 1 heterocycles. The van der Waals surface area contributed by atoms with Gasteiger partial charge < -0.3 is 48.6 Å². The highest BCUT2D eigenvalue weighted by Crippen LogP contribution is 2.59. The minimum absolute atomic E-state index is 0.0259. The van der Waals surface area contributed by atoms with Crippen LogP contribution >= 0.6 is 0 Å². The third kappa shape index (κ3) is 12.4. The van der Waals surface area contributed by atoms with Crippen molar-refractivity contribution in [1.82, 2.24) is 10.1 Å². The second-order valence-electron chi connectivity index (χ2n) is 24.3. The van der Waals surface area contributed by atoms with Gasteiger partial charge in [-0.2, -0.15) is 4.90 Å². The number of amides is 3. The van der Waals surface area contributed by atoms with Gasteiger partial charge in [0.2, 0.25) is 11.6 Å². The number of nitrogens with two attached hydrogens (primary N) is 1. The highest BCUT2D eigenvalue weighted by atomic mass is 28.4. The molecule has 0 spiro atoms. The standard InChI is InChI=1S/C54H81FN4O15Si/c1-18-21-24-68-42-35-30(26-29-27-32-38(56)41-36(45(57-73-41)69-25-22-19-2)44(62)54(32,43(61)34(29)40(35)60)74-75(16,17)53(13,14)15)37(55)31(28-33(46(63)64)58(23-20-3)47(65)70-50(4,5)6)39(42)59(48(66)71-51(7,8)9)49(67)72-52(10,11)12/h29,32-33,38,60H,18-28,56H2,1-17H3,(H,63,64)/t29-,32-,33?,38-,54-/m0/s1. The van der Waals surface area contributed by atoms with E-state index >= 15 is 14.0 Å². The molecule has 2 aromatic rings. The largest absolute Gasteiger partial charge is 0.507 e. The number of fused-ring (bicyclic) bond motifs is 4. The molecule has 1 aromatic carbocycles. The fourth-order valence-electron chi connectivity index (χ4n) is 9.36. The number of carboxylic acids is 1. The number of aromatic nitrogens is 1. The molecule has 0 radical (unpaired) electrons.